The molecule has 1 atom stereocenters. The van der Waals surface area contributed by atoms with Crippen LogP contribution in [-0.2, 0) is 9.59 Å². The lowest BCUT2D eigenvalue weighted by Crippen LogP contribution is -2.44. The van der Waals surface area contributed by atoms with Gasteiger partial charge in [0.25, 0.3) is 5.91 Å². The van der Waals surface area contributed by atoms with Crippen molar-refractivity contribution in [2.24, 2.45) is 5.92 Å². The zero-order chi connectivity index (χ0) is 19.0. The van der Waals surface area contributed by atoms with Crippen LogP contribution >= 0.6 is 0 Å². The summed E-state index contributed by atoms with van der Waals surface area (Å²) >= 11 is 0. The summed E-state index contributed by atoms with van der Waals surface area (Å²) in [6.45, 7) is 3.32. The summed E-state index contributed by atoms with van der Waals surface area (Å²) in [5.74, 6) is -1.22. The van der Waals surface area contributed by atoms with Crippen molar-refractivity contribution in [3.63, 3.8) is 0 Å². The van der Waals surface area contributed by atoms with Crippen molar-refractivity contribution < 1.29 is 24.2 Å². The molecule has 0 saturated carbocycles. The number of aliphatic carboxylic acids is 1. The van der Waals surface area contributed by atoms with Crippen molar-refractivity contribution in [1.29, 1.82) is 5.26 Å². The van der Waals surface area contributed by atoms with Gasteiger partial charge >= 0.3 is 5.97 Å². The van der Waals surface area contributed by atoms with Crippen molar-refractivity contribution in [1.82, 2.24) is 5.32 Å². The van der Waals surface area contributed by atoms with Crippen LogP contribution in [0.5, 0.6) is 11.5 Å². The van der Waals surface area contributed by atoms with E-state index in [0.717, 1.165) is 0 Å². The molecule has 8 heteroatoms. The Bertz CT molecular complexity index is 707. The molecule has 134 valence electrons. The van der Waals surface area contributed by atoms with Gasteiger partial charge in [-0.3, -0.25) is 4.79 Å². The summed E-state index contributed by atoms with van der Waals surface area (Å²) in [6.07, 6.45) is 1.19. The number of nitrogens with one attached hydrogen (secondary N) is 2. The molecule has 0 aliphatic carbocycles. The second-order valence-electron chi connectivity index (χ2n) is 5.41. The van der Waals surface area contributed by atoms with Crippen LogP contribution in [0.4, 0.5) is 5.69 Å². The fraction of sp³-hybridized carbons (Fsp3) is 0.353. The molecule has 1 amide bonds. The number of amides is 1. The Morgan fingerprint density at radius 3 is 2.44 bits per heavy atom. The van der Waals surface area contributed by atoms with Crippen LogP contribution in [0, 0.1) is 17.2 Å². The van der Waals surface area contributed by atoms with Gasteiger partial charge in [0.05, 0.1) is 19.9 Å². The first-order chi connectivity index (χ1) is 11.8. The third-order valence-corrected chi connectivity index (χ3v) is 3.36. The van der Waals surface area contributed by atoms with Crippen LogP contribution in [0.1, 0.15) is 13.8 Å². The Balaban J connectivity index is 2.99. The summed E-state index contributed by atoms with van der Waals surface area (Å²) in [5.41, 5.74) is 0.220. The minimum Gasteiger partial charge on any atom is -0.497 e. The zero-order valence-corrected chi connectivity index (χ0v) is 14.5. The molecule has 0 heterocycles. The highest BCUT2D eigenvalue weighted by atomic mass is 16.5. The molecule has 0 aliphatic heterocycles. The van der Waals surface area contributed by atoms with Crippen LogP contribution in [0.15, 0.2) is 30.0 Å². The van der Waals surface area contributed by atoms with Crippen LogP contribution in [0.3, 0.4) is 0 Å². The van der Waals surface area contributed by atoms with Gasteiger partial charge in [-0.1, -0.05) is 13.8 Å². The molecule has 1 rings (SSSR count). The van der Waals surface area contributed by atoms with Gasteiger partial charge in [0.15, 0.2) is 0 Å². The monoisotopic (exact) mass is 347 g/mol. The van der Waals surface area contributed by atoms with E-state index >= 15 is 0 Å². The smallest absolute Gasteiger partial charge is 0.326 e. The van der Waals surface area contributed by atoms with Crippen LogP contribution < -0.4 is 20.1 Å². The maximum absolute atomic E-state index is 12.1. The number of rotatable bonds is 8. The summed E-state index contributed by atoms with van der Waals surface area (Å²) < 4.78 is 10.3. The number of benzene rings is 1. The fourth-order valence-corrected chi connectivity index (χ4v) is 1.96. The van der Waals surface area contributed by atoms with E-state index in [0.29, 0.717) is 17.2 Å². The number of carbonyl (C=O) groups is 2. The molecular formula is C17H21N3O5. The Labute approximate surface area is 146 Å². The van der Waals surface area contributed by atoms with E-state index in [4.69, 9.17) is 19.8 Å². The minimum atomic E-state index is -1.16. The van der Waals surface area contributed by atoms with Crippen molar-refractivity contribution in [2.75, 3.05) is 19.5 Å². The SMILES string of the molecule is COc1ccc(OC)c(N/C=C(/C#N)C(=O)NC(C(=O)O)C(C)C)c1. The quantitative estimate of drug-likeness (QED) is 0.484. The number of carbonyl (C=O) groups excluding carboxylic acids is 1. The highest BCUT2D eigenvalue weighted by molar-refractivity contribution is 5.99. The van der Waals surface area contributed by atoms with E-state index in [2.05, 4.69) is 10.6 Å². The van der Waals surface area contributed by atoms with Gasteiger partial charge in [-0.15, -0.1) is 0 Å². The van der Waals surface area contributed by atoms with Crippen molar-refractivity contribution >= 4 is 17.6 Å². The second kappa shape index (κ2) is 9.17. The first-order valence-electron chi connectivity index (χ1n) is 7.46. The van der Waals surface area contributed by atoms with Crippen molar-refractivity contribution in [3.8, 4) is 17.6 Å². The molecule has 1 unspecified atom stereocenters. The van der Waals surface area contributed by atoms with E-state index in [1.165, 1.54) is 20.4 Å². The Kier molecular flexibility index (Phi) is 7.28. The standard InChI is InChI=1S/C17H21N3O5/c1-10(2)15(17(22)23)20-16(21)11(8-18)9-19-13-7-12(24-3)5-6-14(13)25-4/h5-7,9-10,15,19H,1-4H3,(H,20,21)(H,22,23)/b11-9-. The fourth-order valence-electron chi connectivity index (χ4n) is 1.96. The van der Waals surface area contributed by atoms with Gasteiger partial charge in [-0.05, 0) is 18.1 Å². The molecule has 1 aromatic carbocycles. The predicted molar refractivity (Wildman–Crippen MR) is 91.3 cm³/mol. The Morgan fingerprint density at radius 1 is 1.28 bits per heavy atom. The lowest BCUT2D eigenvalue weighted by atomic mass is 10.0. The molecule has 0 aromatic heterocycles. The highest BCUT2D eigenvalue weighted by Crippen LogP contribution is 2.29. The third-order valence-electron chi connectivity index (χ3n) is 3.36. The lowest BCUT2D eigenvalue weighted by molar-refractivity contribution is -0.142. The second-order valence-corrected chi connectivity index (χ2v) is 5.41. The van der Waals surface area contributed by atoms with E-state index < -0.39 is 17.9 Å². The number of hydrogen-bond donors (Lipinski definition) is 3. The molecular weight excluding hydrogens is 326 g/mol. The van der Waals surface area contributed by atoms with Crippen LogP contribution in [0.25, 0.3) is 0 Å². The van der Waals surface area contributed by atoms with Crippen molar-refractivity contribution in [2.45, 2.75) is 19.9 Å². The Hall–Kier alpha value is -3.21. The number of methoxy groups -OCH3 is 2. The highest BCUT2D eigenvalue weighted by Gasteiger charge is 2.24. The van der Waals surface area contributed by atoms with Crippen LogP contribution in [-0.4, -0.2) is 37.2 Å². The average Bonchev–Trinajstić information content (AvgIpc) is 2.59. The zero-order valence-electron chi connectivity index (χ0n) is 14.5. The number of carboxylic acid groups (broad SMARTS) is 1. The van der Waals surface area contributed by atoms with E-state index in [9.17, 15) is 9.59 Å². The first kappa shape index (κ1) is 19.8. The van der Waals surface area contributed by atoms with E-state index in [1.807, 2.05) is 0 Å². The van der Waals surface area contributed by atoms with Gasteiger partial charge < -0.3 is 25.2 Å². The van der Waals surface area contributed by atoms with Crippen molar-refractivity contribution in [3.05, 3.63) is 30.0 Å². The Morgan fingerprint density at radius 2 is 1.96 bits per heavy atom. The lowest BCUT2D eigenvalue weighted by Gasteiger charge is -2.17. The number of anilines is 1. The topological polar surface area (TPSA) is 121 Å². The molecule has 1 aromatic rings. The van der Waals surface area contributed by atoms with E-state index in [-0.39, 0.29) is 11.5 Å². The molecule has 25 heavy (non-hydrogen) atoms. The molecule has 0 fully saturated rings. The average molecular weight is 347 g/mol. The third kappa shape index (κ3) is 5.42. The van der Waals surface area contributed by atoms with Gasteiger partial charge in [0.1, 0.15) is 29.2 Å². The number of nitrogens with zero attached hydrogens (tertiary/aromatic N) is 1. The summed E-state index contributed by atoms with van der Waals surface area (Å²) in [7, 11) is 2.99. The summed E-state index contributed by atoms with van der Waals surface area (Å²) in [5, 5.41) is 23.4. The number of ether oxygens (including phenoxy) is 2. The van der Waals surface area contributed by atoms with E-state index in [1.54, 1.807) is 38.1 Å². The van der Waals surface area contributed by atoms with Gasteiger partial charge in [0, 0.05) is 12.3 Å². The molecule has 0 radical (unpaired) electrons. The molecule has 0 aliphatic rings. The number of hydrogen-bond acceptors (Lipinski definition) is 6. The molecule has 0 spiro atoms. The summed E-state index contributed by atoms with van der Waals surface area (Å²) in [6, 6.07) is 5.66. The van der Waals surface area contributed by atoms with Gasteiger partial charge in [-0.25, -0.2) is 4.79 Å². The van der Waals surface area contributed by atoms with Gasteiger partial charge in [0.2, 0.25) is 0 Å². The number of nitriles is 1. The predicted octanol–water partition coefficient (Wildman–Crippen LogP) is 1.75. The summed E-state index contributed by atoms with van der Waals surface area (Å²) in [4.78, 5) is 23.3. The minimum absolute atomic E-state index is 0.267. The first-order valence-corrected chi connectivity index (χ1v) is 7.46. The number of carboxylic acids is 1. The van der Waals surface area contributed by atoms with Gasteiger partial charge in [-0.2, -0.15) is 5.26 Å². The molecule has 3 N–H and O–H groups in total. The molecule has 0 saturated heterocycles. The maximum Gasteiger partial charge on any atom is 0.326 e. The molecule has 8 nitrogen and oxygen atoms in total. The largest absolute Gasteiger partial charge is 0.497 e. The van der Waals surface area contributed by atoms with Crippen LogP contribution in [0.2, 0.25) is 0 Å². The normalized spacial score (nSPS) is 12.1. The molecule has 0 bridgehead atoms. The maximum atomic E-state index is 12.1.